The van der Waals surface area contributed by atoms with E-state index in [1.807, 2.05) is 36.5 Å². The molecule has 4 rings (SSSR count). The van der Waals surface area contributed by atoms with Gasteiger partial charge in [0.15, 0.2) is 11.5 Å². The molecule has 24 heavy (non-hydrogen) atoms. The van der Waals surface area contributed by atoms with Crippen LogP contribution in [0.25, 0.3) is 21.8 Å². The minimum absolute atomic E-state index is 0.642. The molecule has 6 heteroatoms. The van der Waals surface area contributed by atoms with Crippen LogP contribution in [-0.2, 0) is 0 Å². The first-order valence-corrected chi connectivity index (χ1v) is 7.49. The van der Waals surface area contributed by atoms with Gasteiger partial charge in [0.05, 0.1) is 19.7 Å². The van der Waals surface area contributed by atoms with Crippen LogP contribution in [0.5, 0.6) is 11.5 Å². The maximum Gasteiger partial charge on any atom is 0.162 e. The van der Waals surface area contributed by atoms with E-state index in [1.54, 1.807) is 14.2 Å². The summed E-state index contributed by atoms with van der Waals surface area (Å²) in [6.07, 6.45) is 3.46. The van der Waals surface area contributed by atoms with Crippen LogP contribution in [0.4, 0.5) is 11.5 Å². The van der Waals surface area contributed by atoms with Crippen molar-refractivity contribution < 1.29 is 9.47 Å². The normalized spacial score (nSPS) is 10.9. The van der Waals surface area contributed by atoms with Crippen molar-refractivity contribution >= 4 is 33.3 Å². The van der Waals surface area contributed by atoms with E-state index in [0.29, 0.717) is 11.5 Å². The van der Waals surface area contributed by atoms with E-state index in [-0.39, 0.29) is 0 Å². The monoisotopic (exact) mass is 320 g/mol. The van der Waals surface area contributed by atoms with E-state index in [2.05, 4.69) is 26.3 Å². The Hall–Kier alpha value is -3.28. The van der Waals surface area contributed by atoms with E-state index >= 15 is 0 Å². The summed E-state index contributed by atoms with van der Waals surface area (Å²) in [5.74, 6) is 2.00. The first-order chi connectivity index (χ1) is 11.8. The lowest BCUT2D eigenvalue weighted by Gasteiger charge is -2.12. The number of hydrogen-bond acceptors (Lipinski definition) is 5. The molecule has 2 N–H and O–H groups in total. The Kier molecular flexibility index (Phi) is 3.42. The third-order valence-corrected chi connectivity index (χ3v) is 3.96. The maximum atomic E-state index is 5.38. The summed E-state index contributed by atoms with van der Waals surface area (Å²) < 4.78 is 10.7. The second-order valence-electron chi connectivity index (χ2n) is 5.35. The van der Waals surface area contributed by atoms with Gasteiger partial charge in [-0.2, -0.15) is 0 Å². The molecule has 0 aliphatic rings. The van der Waals surface area contributed by atoms with Crippen LogP contribution < -0.4 is 14.8 Å². The number of fused-ring (bicyclic) bond motifs is 2. The van der Waals surface area contributed by atoms with Crippen molar-refractivity contribution in [2.45, 2.75) is 0 Å². The molecule has 6 nitrogen and oxygen atoms in total. The van der Waals surface area contributed by atoms with Crippen LogP contribution in [0, 0.1) is 0 Å². The standard InChI is InChI=1S/C18H16N4O2/c1-23-16-8-13-15(9-17(16)24-2)20-10-21-18(13)22-12-3-4-14-11(7-12)5-6-19-14/h3-10,19H,1-2H3,(H,20,21,22). The number of anilines is 2. The molecule has 0 fully saturated rings. The molecule has 0 bridgehead atoms. The average molecular weight is 320 g/mol. The van der Waals surface area contributed by atoms with Crippen molar-refractivity contribution in [3.05, 3.63) is 48.9 Å². The van der Waals surface area contributed by atoms with Crippen molar-refractivity contribution in [1.29, 1.82) is 0 Å². The van der Waals surface area contributed by atoms with E-state index in [0.717, 1.165) is 33.3 Å². The molecule has 0 spiro atoms. The van der Waals surface area contributed by atoms with Gasteiger partial charge in [0.2, 0.25) is 0 Å². The van der Waals surface area contributed by atoms with E-state index in [9.17, 15) is 0 Å². The van der Waals surface area contributed by atoms with Gasteiger partial charge in [-0.3, -0.25) is 0 Å². The van der Waals surface area contributed by atoms with Gasteiger partial charge in [0, 0.05) is 34.2 Å². The topological polar surface area (TPSA) is 72.1 Å². The van der Waals surface area contributed by atoms with E-state index < -0.39 is 0 Å². The van der Waals surface area contributed by atoms with Crippen LogP contribution in [-0.4, -0.2) is 29.2 Å². The molecule has 2 heterocycles. The lowest BCUT2D eigenvalue weighted by atomic mass is 10.2. The van der Waals surface area contributed by atoms with Gasteiger partial charge in [-0.1, -0.05) is 0 Å². The smallest absolute Gasteiger partial charge is 0.162 e. The highest BCUT2D eigenvalue weighted by Crippen LogP contribution is 2.34. The summed E-state index contributed by atoms with van der Waals surface area (Å²) in [7, 11) is 3.22. The summed E-state index contributed by atoms with van der Waals surface area (Å²) >= 11 is 0. The molecule has 0 saturated carbocycles. The van der Waals surface area contributed by atoms with Crippen LogP contribution in [0.2, 0.25) is 0 Å². The van der Waals surface area contributed by atoms with Crippen LogP contribution >= 0.6 is 0 Å². The molecule has 0 radical (unpaired) electrons. The van der Waals surface area contributed by atoms with Crippen LogP contribution in [0.1, 0.15) is 0 Å². The lowest BCUT2D eigenvalue weighted by molar-refractivity contribution is 0.356. The molecule has 0 aliphatic carbocycles. The molecule has 0 amide bonds. The summed E-state index contributed by atoms with van der Waals surface area (Å²) in [4.78, 5) is 11.9. The van der Waals surface area contributed by atoms with E-state index in [1.165, 1.54) is 6.33 Å². The molecule has 0 unspecified atom stereocenters. The summed E-state index contributed by atoms with van der Waals surface area (Å²) in [5, 5.41) is 5.36. The number of benzene rings is 2. The minimum Gasteiger partial charge on any atom is -0.493 e. The average Bonchev–Trinajstić information content (AvgIpc) is 3.08. The third-order valence-electron chi connectivity index (χ3n) is 3.96. The Morgan fingerprint density at radius 1 is 0.958 bits per heavy atom. The Bertz CT molecular complexity index is 1030. The second-order valence-corrected chi connectivity index (χ2v) is 5.35. The summed E-state index contributed by atoms with van der Waals surface area (Å²) in [6, 6.07) is 11.9. The molecule has 2 aromatic heterocycles. The number of aromatic amines is 1. The van der Waals surface area contributed by atoms with Gasteiger partial charge < -0.3 is 19.8 Å². The largest absolute Gasteiger partial charge is 0.493 e. The van der Waals surface area contributed by atoms with Crippen molar-refractivity contribution in [1.82, 2.24) is 15.0 Å². The molecule has 0 saturated heterocycles. The highest BCUT2D eigenvalue weighted by atomic mass is 16.5. The molecule has 0 aliphatic heterocycles. The van der Waals surface area contributed by atoms with Crippen molar-refractivity contribution in [2.24, 2.45) is 0 Å². The zero-order valence-electron chi connectivity index (χ0n) is 13.3. The van der Waals surface area contributed by atoms with E-state index in [4.69, 9.17) is 9.47 Å². The lowest BCUT2D eigenvalue weighted by Crippen LogP contribution is -1.98. The van der Waals surface area contributed by atoms with Gasteiger partial charge in [0.25, 0.3) is 0 Å². The number of methoxy groups -OCH3 is 2. The SMILES string of the molecule is COc1cc2ncnc(Nc3ccc4[nH]ccc4c3)c2cc1OC. The van der Waals surface area contributed by atoms with Gasteiger partial charge in [0.1, 0.15) is 12.1 Å². The number of hydrogen-bond donors (Lipinski definition) is 2. The fourth-order valence-electron chi connectivity index (χ4n) is 2.75. The van der Waals surface area contributed by atoms with Crippen LogP contribution in [0.3, 0.4) is 0 Å². The zero-order chi connectivity index (χ0) is 16.5. The van der Waals surface area contributed by atoms with Gasteiger partial charge >= 0.3 is 0 Å². The number of H-pyrrole nitrogens is 1. The Labute approximate surface area is 138 Å². The first kappa shape index (κ1) is 14.3. The number of nitrogens with one attached hydrogen (secondary N) is 2. The predicted octanol–water partition coefficient (Wildman–Crippen LogP) is 3.87. The number of nitrogens with zero attached hydrogens (tertiary/aromatic N) is 2. The van der Waals surface area contributed by atoms with Crippen molar-refractivity contribution in [2.75, 3.05) is 19.5 Å². The Balaban J connectivity index is 1.80. The number of rotatable bonds is 4. The highest BCUT2D eigenvalue weighted by molar-refractivity contribution is 5.94. The van der Waals surface area contributed by atoms with Gasteiger partial charge in [-0.15, -0.1) is 0 Å². The van der Waals surface area contributed by atoms with Crippen LogP contribution in [0.15, 0.2) is 48.9 Å². The number of ether oxygens (including phenoxy) is 2. The summed E-state index contributed by atoms with van der Waals surface area (Å²) in [5.41, 5.74) is 2.84. The second kappa shape index (κ2) is 5.73. The molecular weight excluding hydrogens is 304 g/mol. The highest BCUT2D eigenvalue weighted by Gasteiger charge is 2.11. The molecule has 0 atom stereocenters. The number of aromatic nitrogens is 3. The first-order valence-electron chi connectivity index (χ1n) is 7.49. The minimum atomic E-state index is 0.642. The maximum absolute atomic E-state index is 5.38. The molecule has 4 aromatic rings. The fraction of sp³-hybridized carbons (Fsp3) is 0.111. The Morgan fingerprint density at radius 3 is 2.62 bits per heavy atom. The molecular formula is C18H16N4O2. The Morgan fingerprint density at radius 2 is 1.79 bits per heavy atom. The van der Waals surface area contributed by atoms with Crippen molar-refractivity contribution in [3.8, 4) is 11.5 Å². The van der Waals surface area contributed by atoms with Gasteiger partial charge in [-0.25, -0.2) is 9.97 Å². The molecule has 2 aromatic carbocycles. The zero-order valence-corrected chi connectivity index (χ0v) is 13.3. The third kappa shape index (κ3) is 2.38. The summed E-state index contributed by atoms with van der Waals surface area (Å²) in [6.45, 7) is 0. The predicted molar refractivity (Wildman–Crippen MR) is 94.2 cm³/mol. The fourth-order valence-corrected chi connectivity index (χ4v) is 2.75. The quantitative estimate of drug-likeness (QED) is 0.597. The van der Waals surface area contributed by atoms with Crippen molar-refractivity contribution in [3.63, 3.8) is 0 Å². The van der Waals surface area contributed by atoms with Gasteiger partial charge in [-0.05, 0) is 30.3 Å². The molecule has 120 valence electrons.